The number of halogens is 1. The van der Waals surface area contributed by atoms with Crippen LogP contribution in [0.3, 0.4) is 0 Å². The number of phenols is 2. The van der Waals surface area contributed by atoms with Crippen LogP contribution in [-0.4, -0.2) is 27.1 Å². The smallest absolute Gasteiger partial charge is 0.255 e. The number of amides is 1. The molecule has 0 bridgehead atoms. The number of rotatable bonds is 4. The quantitative estimate of drug-likeness (QED) is 0.342. The molecule has 1 aromatic rings. The lowest BCUT2D eigenvalue weighted by Gasteiger charge is -2.06. The molecule has 0 spiro atoms. The van der Waals surface area contributed by atoms with Gasteiger partial charge in [-0.05, 0) is 24.6 Å². The summed E-state index contributed by atoms with van der Waals surface area (Å²) in [5.41, 5.74) is 0.100. The van der Waals surface area contributed by atoms with E-state index in [-0.39, 0.29) is 23.0 Å². The topological polar surface area (TPSA) is 69.6 Å². The zero-order valence-corrected chi connectivity index (χ0v) is 10.2. The van der Waals surface area contributed by atoms with Crippen LogP contribution < -0.4 is 5.32 Å². The summed E-state index contributed by atoms with van der Waals surface area (Å²) in [4.78, 5) is 11.5. The first kappa shape index (κ1) is 12.1. The van der Waals surface area contributed by atoms with E-state index in [1.165, 1.54) is 18.2 Å². The zero-order valence-electron chi connectivity index (χ0n) is 8.03. The number of alkyl halides is 1. The molecule has 0 aliphatic rings. The summed E-state index contributed by atoms with van der Waals surface area (Å²) in [7, 11) is 0. The Morgan fingerprint density at radius 3 is 2.80 bits per heavy atom. The molecule has 0 radical (unpaired) electrons. The van der Waals surface area contributed by atoms with Gasteiger partial charge in [0.1, 0.15) is 11.5 Å². The van der Waals surface area contributed by atoms with Gasteiger partial charge in [-0.2, -0.15) is 0 Å². The molecule has 0 aromatic heterocycles. The Morgan fingerprint density at radius 1 is 1.40 bits per heavy atom. The summed E-state index contributed by atoms with van der Waals surface area (Å²) in [6.45, 7) is 0.566. The number of carbonyl (C=O) groups excluding carboxylic acids is 1. The van der Waals surface area contributed by atoms with Gasteiger partial charge in [-0.25, -0.2) is 0 Å². The lowest BCUT2D eigenvalue weighted by molar-refractivity contribution is 0.0951. The van der Waals surface area contributed by atoms with E-state index in [9.17, 15) is 9.90 Å². The summed E-state index contributed by atoms with van der Waals surface area (Å²) in [5.74, 6) is -0.528. The first-order valence-corrected chi connectivity index (χ1v) is 6.04. The number of phenolic OH excluding ortho intramolecular Hbond substituents is 2. The summed E-state index contributed by atoms with van der Waals surface area (Å²) in [6, 6.07) is 3.87. The van der Waals surface area contributed by atoms with Crippen LogP contribution in [0.4, 0.5) is 0 Å². The molecule has 0 unspecified atom stereocenters. The van der Waals surface area contributed by atoms with Gasteiger partial charge in [0.25, 0.3) is 5.91 Å². The standard InChI is InChI=1S/C10H12INO3/c11-4-1-5-12-10(15)8-6-7(13)2-3-9(8)14/h2-3,6,13-14H,1,4-5H2,(H,12,15). The predicted octanol–water partition coefficient (Wildman–Crippen LogP) is 1.65. The lowest BCUT2D eigenvalue weighted by atomic mass is 10.2. The monoisotopic (exact) mass is 321 g/mol. The number of hydrogen-bond donors (Lipinski definition) is 3. The van der Waals surface area contributed by atoms with Crippen molar-refractivity contribution in [3.05, 3.63) is 23.8 Å². The van der Waals surface area contributed by atoms with E-state index in [2.05, 4.69) is 27.9 Å². The van der Waals surface area contributed by atoms with Crippen LogP contribution in [0.5, 0.6) is 11.5 Å². The van der Waals surface area contributed by atoms with Crippen molar-refractivity contribution in [2.24, 2.45) is 0 Å². The summed E-state index contributed by atoms with van der Waals surface area (Å²) < 4.78 is 0.962. The van der Waals surface area contributed by atoms with Gasteiger partial charge in [-0.3, -0.25) is 4.79 Å². The maximum absolute atomic E-state index is 11.5. The fourth-order valence-electron chi connectivity index (χ4n) is 1.07. The molecule has 0 heterocycles. The van der Waals surface area contributed by atoms with Crippen LogP contribution >= 0.6 is 22.6 Å². The fraction of sp³-hybridized carbons (Fsp3) is 0.300. The highest BCUT2D eigenvalue weighted by atomic mass is 127. The van der Waals surface area contributed by atoms with E-state index in [1.54, 1.807) is 0 Å². The predicted molar refractivity (Wildman–Crippen MR) is 65.6 cm³/mol. The number of hydrogen-bond acceptors (Lipinski definition) is 3. The summed E-state index contributed by atoms with van der Waals surface area (Å²) in [6.07, 6.45) is 0.881. The van der Waals surface area contributed by atoms with Gasteiger partial charge in [-0.1, -0.05) is 22.6 Å². The van der Waals surface area contributed by atoms with Crippen molar-refractivity contribution in [2.75, 3.05) is 11.0 Å². The van der Waals surface area contributed by atoms with Gasteiger partial charge in [0.05, 0.1) is 5.56 Å². The lowest BCUT2D eigenvalue weighted by Crippen LogP contribution is -2.24. The molecular formula is C10H12INO3. The van der Waals surface area contributed by atoms with Gasteiger partial charge in [0.15, 0.2) is 0 Å². The van der Waals surface area contributed by atoms with Crippen molar-refractivity contribution in [1.82, 2.24) is 5.32 Å². The van der Waals surface area contributed by atoms with Crippen molar-refractivity contribution in [3.8, 4) is 11.5 Å². The normalized spacial score (nSPS) is 9.93. The Kier molecular flexibility index (Phi) is 4.67. The molecule has 1 aromatic carbocycles. The van der Waals surface area contributed by atoms with Gasteiger partial charge < -0.3 is 15.5 Å². The molecule has 82 valence electrons. The van der Waals surface area contributed by atoms with Gasteiger partial charge in [-0.15, -0.1) is 0 Å². The van der Waals surface area contributed by atoms with E-state index >= 15 is 0 Å². The molecule has 0 saturated carbocycles. The second-order valence-corrected chi connectivity index (χ2v) is 4.08. The van der Waals surface area contributed by atoms with Gasteiger partial charge in [0, 0.05) is 11.0 Å². The minimum absolute atomic E-state index is 0.0353. The Labute approximate surface area is 101 Å². The molecule has 3 N–H and O–H groups in total. The minimum Gasteiger partial charge on any atom is -0.508 e. The first-order valence-electron chi connectivity index (χ1n) is 4.51. The number of carbonyl (C=O) groups is 1. The maximum atomic E-state index is 11.5. The molecular weight excluding hydrogens is 309 g/mol. The molecule has 0 atom stereocenters. The molecule has 4 nitrogen and oxygen atoms in total. The molecule has 1 rings (SSSR count). The number of benzene rings is 1. The number of aromatic hydroxyl groups is 2. The molecule has 0 saturated heterocycles. The van der Waals surface area contributed by atoms with E-state index in [0.717, 1.165) is 10.8 Å². The molecule has 0 aliphatic carbocycles. The Morgan fingerprint density at radius 2 is 2.13 bits per heavy atom. The zero-order chi connectivity index (χ0) is 11.3. The van der Waals surface area contributed by atoms with Crippen molar-refractivity contribution < 1.29 is 15.0 Å². The minimum atomic E-state index is -0.367. The van der Waals surface area contributed by atoms with E-state index in [4.69, 9.17) is 5.11 Å². The maximum Gasteiger partial charge on any atom is 0.255 e. The highest BCUT2D eigenvalue weighted by Gasteiger charge is 2.10. The third-order valence-corrected chi connectivity index (χ3v) is 2.58. The van der Waals surface area contributed by atoms with Crippen molar-refractivity contribution in [2.45, 2.75) is 6.42 Å². The first-order chi connectivity index (χ1) is 7.15. The fourth-order valence-corrected chi connectivity index (χ4v) is 1.45. The average Bonchev–Trinajstić information content (AvgIpc) is 2.22. The van der Waals surface area contributed by atoms with E-state index in [1.807, 2.05) is 0 Å². The number of nitrogens with one attached hydrogen (secondary N) is 1. The van der Waals surface area contributed by atoms with Crippen molar-refractivity contribution >= 4 is 28.5 Å². The van der Waals surface area contributed by atoms with Crippen LogP contribution in [-0.2, 0) is 0 Å². The molecule has 0 fully saturated rings. The van der Waals surface area contributed by atoms with Crippen LogP contribution in [0.2, 0.25) is 0 Å². The second-order valence-electron chi connectivity index (χ2n) is 3.00. The van der Waals surface area contributed by atoms with Crippen LogP contribution in [0.15, 0.2) is 18.2 Å². The van der Waals surface area contributed by atoms with Crippen LogP contribution in [0.25, 0.3) is 0 Å². The van der Waals surface area contributed by atoms with Crippen molar-refractivity contribution in [1.29, 1.82) is 0 Å². The molecule has 0 aliphatic heterocycles. The van der Waals surface area contributed by atoms with Crippen LogP contribution in [0, 0.1) is 0 Å². The molecule has 1 amide bonds. The third kappa shape index (κ3) is 3.58. The highest BCUT2D eigenvalue weighted by Crippen LogP contribution is 2.21. The second kappa shape index (κ2) is 5.79. The largest absolute Gasteiger partial charge is 0.508 e. The highest BCUT2D eigenvalue weighted by molar-refractivity contribution is 14.1. The van der Waals surface area contributed by atoms with Gasteiger partial charge >= 0.3 is 0 Å². The Balaban J connectivity index is 2.68. The Bertz CT molecular complexity index is 355. The van der Waals surface area contributed by atoms with Gasteiger partial charge in [0.2, 0.25) is 0 Å². The summed E-state index contributed by atoms with van der Waals surface area (Å²) in [5, 5.41) is 21.2. The molecule has 5 heteroatoms. The van der Waals surface area contributed by atoms with Crippen LogP contribution in [0.1, 0.15) is 16.8 Å². The average molecular weight is 321 g/mol. The van der Waals surface area contributed by atoms with E-state index in [0.29, 0.717) is 6.54 Å². The Hall–Kier alpha value is -0.980. The third-order valence-electron chi connectivity index (χ3n) is 1.82. The van der Waals surface area contributed by atoms with Crippen molar-refractivity contribution in [3.63, 3.8) is 0 Å². The SMILES string of the molecule is O=C(NCCCI)c1cc(O)ccc1O. The summed E-state index contributed by atoms with van der Waals surface area (Å²) >= 11 is 2.22. The molecule has 15 heavy (non-hydrogen) atoms. The van der Waals surface area contributed by atoms with E-state index < -0.39 is 0 Å².